The lowest BCUT2D eigenvalue weighted by Gasteiger charge is -2.12. The van der Waals surface area contributed by atoms with Gasteiger partial charge in [-0.15, -0.1) is 11.3 Å². The first-order valence-electron chi connectivity index (χ1n) is 5.19. The Balaban J connectivity index is 2.07. The first-order chi connectivity index (χ1) is 7.65. The van der Waals surface area contributed by atoms with Crippen LogP contribution in [0.1, 0.15) is 22.9 Å². The Bertz CT molecular complexity index is 461. The number of aryl methyl sites for hydroxylation is 1. The second-order valence-corrected chi connectivity index (χ2v) is 5.06. The second-order valence-electron chi connectivity index (χ2n) is 3.80. The molecule has 0 bridgehead atoms. The van der Waals surface area contributed by atoms with Crippen LogP contribution in [0.3, 0.4) is 0 Å². The van der Waals surface area contributed by atoms with Gasteiger partial charge in [0.1, 0.15) is 5.01 Å². The molecule has 0 saturated carbocycles. The van der Waals surface area contributed by atoms with Gasteiger partial charge in [0.2, 0.25) is 0 Å². The van der Waals surface area contributed by atoms with Crippen molar-refractivity contribution in [1.82, 2.24) is 4.98 Å². The van der Waals surface area contributed by atoms with Crippen LogP contribution in [-0.2, 0) is 0 Å². The molecule has 3 nitrogen and oxygen atoms in total. The highest BCUT2D eigenvalue weighted by atomic mass is 32.1. The maximum Gasteiger partial charge on any atom is 0.115 e. The summed E-state index contributed by atoms with van der Waals surface area (Å²) in [4.78, 5) is 5.60. The fourth-order valence-electron chi connectivity index (χ4n) is 1.46. The number of nitrogen functional groups attached to an aromatic ring is 1. The van der Waals surface area contributed by atoms with Crippen molar-refractivity contribution in [2.24, 2.45) is 0 Å². The van der Waals surface area contributed by atoms with Gasteiger partial charge in [0.25, 0.3) is 0 Å². The molecule has 0 aliphatic rings. The van der Waals surface area contributed by atoms with Crippen molar-refractivity contribution in [3.05, 3.63) is 40.3 Å². The molecule has 84 valence electrons. The molecular formula is C12H15N3S. The number of anilines is 2. The summed E-state index contributed by atoms with van der Waals surface area (Å²) in [6.45, 7) is 4.17. The third-order valence-corrected chi connectivity index (χ3v) is 3.40. The zero-order valence-electron chi connectivity index (χ0n) is 9.40. The molecule has 1 aromatic carbocycles. The van der Waals surface area contributed by atoms with Gasteiger partial charge in [0.05, 0.1) is 6.04 Å². The molecule has 4 heteroatoms. The predicted molar refractivity (Wildman–Crippen MR) is 69.7 cm³/mol. The average Bonchev–Trinajstić information content (AvgIpc) is 2.68. The lowest BCUT2D eigenvalue weighted by atomic mass is 10.2. The number of thiazole rings is 1. The first kappa shape index (κ1) is 11.0. The van der Waals surface area contributed by atoms with Crippen LogP contribution >= 0.6 is 11.3 Å². The second kappa shape index (κ2) is 4.53. The van der Waals surface area contributed by atoms with Crippen molar-refractivity contribution in [2.45, 2.75) is 19.9 Å². The first-order valence-corrected chi connectivity index (χ1v) is 6.01. The molecule has 1 unspecified atom stereocenters. The van der Waals surface area contributed by atoms with Crippen LogP contribution in [0.5, 0.6) is 0 Å². The average molecular weight is 233 g/mol. The van der Waals surface area contributed by atoms with E-state index in [1.54, 1.807) is 11.3 Å². The number of nitrogens with two attached hydrogens (primary N) is 1. The van der Waals surface area contributed by atoms with E-state index in [0.29, 0.717) is 0 Å². The molecule has 0 aliphatic carbocycles. The van der Waals surface area contributed by atoms with Gasteiger partial charge in [-0.2, -0.15) is 0 Å². The summed E-state index contributed by atoms with van der Waals surface area (Å²) in [7, 11) is 0. The van der Waals surface area contributed by atoms with Crippen LogP contribution < -0.4 is 11.1 Å². The minimum atomic E-state index is 0.224. The van der Waals surface area contributed by atoms with E-state index in [1.807, 2.05) is 30.5 Å². The molecule has 0 spiro atoms. The summed E-state index contributed by atoms with van der Waals surface area (Å²) in [5.41, 5.74) is 7.48. The van der Waals surface area contributed by atoms with Gasteiger partial charge in [0, 0.05) is 22.4 Å². The van der Waals surface area contributed by atoms with E-state index in [1.165, 1.54) is 4.88 Å². The summed E-state index contributed by atoms with van der Waals surface area (Å²) < 4.78 is 0. The molecule has 0 amide bonds. The molecule has 16 heavy (non-hydrogen) atoms. The molecule has 1 heterocycles. The highest BCUT2D eigenvalue weighted by Gasteiger charge is 2.08. The molecular weight excluding hydrogens is 218 g/mol. The normalized spacial score (nSPS) is 12.4. The molecule has 0 fully saturated rings. The van der Waals surface area contributed by atoms with E-state index in [-0.39, 0.29) is 6.04 Å². The number of aromatic nitrogens is 1. The maximum absolute atomic E-state index is 5.63. The third-order valence-electron chi connectivity index (χ3n) is 2.30. The van der Waals surface area contributed by atoms with Crippen molar-refractivity contribution in [2.75, 3.05) is 11.1 Å². The largest absolute Gasteiger partial charge is 0.399 e. The number of nitrogens with zero attached hydrogens (tertiary/aromatic N) is 1. The topological polar surface area (TPSA) is 50.9 Å². The number of nitrogens with one attached hydrogen (secondary N) is 1. The number of rotatable bonds is 3. The van der Waals surface area contributed by atoms with E-state index in [0.717, 1.165) is 16.4 Å². The van der Waals surface area contributed by atoms with Crippen LogP contribution in [0.15, 0.2) is 30.5 Å². The number of hydrogen-bond acceptors (Lipinski definition) is 4. The van der Waals surface area contributed by atoms with Gasteiger partial charge >= 0.3 is 0 Å². The van der Waals surface area contributed by atoms with Crippen molar-refractivity contribution >= 4 is 22.7 Å². The minimum Gasteiger partial charge on any atom is -0.399 e. The van der Waals surface area contributed by atoms with Crippen LogP contribution in [0.2, 0.25) is 0 Å². The van der Waals surface area contributed by atoms with Gasteiger partial charge < -0.3 is 11.1 Å². The lowest BCUT2D eigenvalue weighted by molar-refractivity contribution is 0.870. The maximum atomic E-state index is 5.63. The molecule has 2 rings (SSSR count). The Morgan fingerprint density at radius 2 is 2.00 bits per heavy atom. The zero-order chi connectivity index (χ0) is 11.5. The molecule has 0 radical (unpaired) electrons. The highest BCUT2D eigenvalue weighted by molar-refractivity contribution is 7.11. The number of hydrogen-bond donors (Lipinski definition) is 2. The fraction of sp³-hybridized carbons (Fsp3) is 0.250. The van der Waals surface area contributed by atoms with Gasteiger partial charge in [0.15, 0.2) is 0 Å². The predicted octanol–water partition coefficient (Wildman–Crippen LogP) is 3.21. The minimum absolute atomic E-state index is 0.224. The van der Waals surface area contributed by atoms with Crippen molar-refractivity contribution in [3.8, 4) is 0 Å². The van der Waals surface area contributed by atoms with E-state index in [9.17, 15) is 0 Å². The van der Waals surface area contributed by atoms with E-state index in [2.05, 4.69) is 24.1 Å². The fourth-order valence-corrected chi connectivity index (χ4v) is 2.24. The summed E-state index contributed by atoms with van der Waals surface area (Å²) in [5, 5.41) is 4.50. The van der Waals surface area contributed by atoms with Gasteiger partial charge in [-0.25, -0.2) is 4.98 Å². The Kier molecular flexibility index (Phi) is 3.10. The van der Waals surface area contributed by atoms with Crippen LogP contribution in [0.25, 0.3) is 0 Å². The molecule has 1 aromatic heterocycles. The summed E-state index contributed by atoms with van der Waals surface area (Å²) in [5.74, 6) is 0. The molecule has 0 aliphatic heterocycles. The van der Waals surface area contributed by atoms with Gasteiger partial charge in [-0.1, -0.05) is 0 Å². The SMILES string of the molecule is Cc1cnc(C(C)Nc2ccc(N)cc2)s1. The summed E-state index contributed by atoms with van der Waals surface area (Å²) in [6.07, 6.45) is 1.90. The Hall–Kier alpha value is -1.55. The standard InChI is InChI=1S/C12H15N3S/c1-8-7-14-12(16-8)9(2)15-11-5-3-10(13)4-6-11/h3-7,9,15H,13H2,1-2H3. The summed E-state index contributed by atoms with van der Waals surface area (Å²) in [6, 6.07) is 7.96. The third kappa shape index (κ3) is 2.52. The lowest BCUT2D eigenvalue weighted by Crippen LogP contribution is -2.05. The van der Waals surface area contributed by atoms with Crippen LogP contribution in [0.4, 0.5) is 11.4 Å². The molecule has 3 N–H and O–H groups in total. The van der Waals surface area contributed by atoms with Crippen molar-refractivity contribution in [3.63, 3.8) is 0 Å². The zero-order valence-corrected chi connectivity index (χ0v) is 10.2. The monoisotopic (exact) mass is 233 g/mol. The summed E-state index contributed by atoms with van der Waals surface area (Å²) >= 11 is 1.72. The number of benzene rings is 1. The van der Waals surface area contributed by atoms with Crippen molar-refractivity contribution in [1.29, 1.82) is 0 Å². The Morgan fingerprint density at radius 1 is 1.31 bits per heavy atom. The van der Waals surface area contributed by atoms with Crippen LogP contribution in [0, 0.1) is 6.92 Å². The van der Waals surface area contributed by atoms with Crippen molar-refractivity contribution < 1.29 is 0 Å². The molecule has 1 atom stereocenters. The Labute approximate surface area is 99.3 Å². The van der Waals surface area contributed by atoms with Gasteiger partial charge in [-0.3, -0.25) is 0 Å². The highest BCUT2D eigenvalue weighted by Crippen LogP contribution is 2.23. The molecule has 2 aromatic rings. The van der Waals surface area contributed by atoms with E-state index >= 15 is 0 Å². The van der Waals surface area contributed by atoms with Gasteiger partial charge in [-0.05, 0) is 38.1 Å². The van der Waals surface area contributed by atoms with E-state index < -0.39 is 0 Å². The van der Waals surface area contributed by atoms with Crippen LogP contribution in [-0.4, -0.2) is 4.98 Å². The Morgan fingerprint density at radius 3 is 2.56 bits per heavy atom. The quantitative estimate of drug-likeness (QED) is 0.800. The molecule has 0 saturated heterocycles. The van der Waals surface area contributed by atoms with E-state index in [4.69, 9.17) is 5.73 Å². The smallest absolute Gasteiger partial charge is 0.115 e.